The Morgan fingerprint density at radius 2 is 2.10 bits per heavy atom. The SMILES string of the molecule is CCOC1(C(O)Cc2ccc(Br)cc2F)CCC(C)CC1. The highest BCUT2D eigenvalue weighted by molar-refractivity contribution is 9.10. The van der Waals surface area contributed by atoms with E-state index >= 15 is 0 Å². The summed E-state index contributed by atoms with van der Waals surface area (Å²) in [6.45, 7) is 4.76. The quantitative estimate of drug-likeness (QED) is 0.840. The first-order valence-electron chi connectivity index (χ1n) is 7.73. The summed E-state index contributed by atoms with van der Waals surface area (Å²) in [5, 5.41) is 10.7. The molecule has 4 heteroatoms. The van der Waals surface area contributed by atoms with Crippen LogP contribution >= 0.6 is 15.9 Å². The van der Waals surface area contributed by atoms with Gasteiger partial charge in [0, 0.05) is 17.5 Å². The fourth-order valence-electron chi connectivity index (χ4n) is 3.19. The van der Waals surface area contributed by atoms with Gasteiger partial charge in [-0.05, 0) is 56.2 Å². The third kappa shape index (κ3) is 4.05. The standard InChI is InChI=1S/C17H24BrFO2/c1-3-21-17(8-6-12(2)7-9-17)16(20)10-13-4-5-14(18)11-15(13)19/h4-5,11-12,16,20H,3,6-10H2,1-2H3. The van der Waals surface area contributed by atoms with E-state index in [9.17, 15) is 9.50 Å². The van der Waals surface area contributed by atoms with Crippen LogP contribution < -0.4 is 0 Å². The smallest absolute Gasteiger partial charge is 0.127 e. The van der Waals surface area contributed by atoms with Crippen LogP contribution in [0.5, 0.6) is 0 Å². The van der Waals surface area contributed by atoms with Gasteiger partial charge in [-0.2, -0.15) is 0 Å². The third-order valence-corrected chi connectivity index (χ3v) is 5.08. The molecule has 1 aromatic rings. The second kappa shape index (κ2) is 7.21. The number of ether oxygens (including phenoxy) is 1. The van der Waals surface area contributed by atoms with Gasteiger partial charge >= 0.3 is 0 Å². The summed E-state index contributed by atoms with van der Waals surface area (Å²) in [5.41, 5.74) is 0.0317. The molecular formula is C17H24BrFO2. The molecule has 1 saturated carbocycles. The summed E-state index contributed by atoms with van der Waals surface area (Å²) >= 11 is 3.25. The number of rotatable bonds is 5. The maximum Gasteiger partial charge on any atom is 0.127 e. The van der Waals surface area contributed by atoms with E-state index in [0.29, 0.717) is 29.0 Å². The van der Waals surface area contributed by atoms with Crippen molar-refractivity contribution in [3.8, 4) is 0 Å². The highest BCUT2D eigenvalue weighted by Gasteiger charge is 2.41. The maximum absolute atomic E-state index is 14.0. The predicted molar refractivity (Wildman–Crippen MR) is 85.8 cm³/mol. The number of halogens is 2. The molecule has 0 heterocycles. The fraction of sp³-hybridized carbons (Fsp3) is 0.647. The molecule has 1 N–H and O–H groups in total. The van der Waals surface area contributed by atoms with Crippen LogP contribution in [0.15, 0.2) is 22.7 Å². The zero-order valence-electron chi connectivity index (χ0n) is 12.7. The molecule has 1 unspecified atom stereocenters. The van der Waals surface area contributed by atoms with Crippen molar-refractivity contribution in [2.24, 2.45) is 5.92 Å². The number of hydrogen-bond donors (Lipinski definition) is 1. The van der Waals surface area contributed by atoms with Crippen molar-refractivity contribution >= 4 is 15.9 Å². The second-order valence-electron chi connectivity index (χ2n) is 6.14. The molecule has 0 amide bonds. The Hall–Kier alpha value is -0.450. The second-order valence-corrected chi connectivity index (χ2v) is 7.05. The Morgan fingerprint density at radius 1 is 1.43 bits per heavy atom. The highest BCUT2D eigenvalue weighted by Crippen LogP contribution is 2.38. The van der Waals surface area contributed by atoms with Gasteiger partial charge in [0.1, 0.15) is 5.82 Å². The molecule has 0 aliphatic heterocycles. The van der Waals surface area contributed by atoms with Crippen LogP contribution in [0.3, 0.4) is 0 Å². The first-order chi connectivity index (χ1) is 9.97. The molecule has 0 bridgehead atoms. The average molecular weight is 359 g/mol. The zero-order chi connectivity index (χ0) is 15.5. The van der Waals surface area contributed by atoms with Gasteiger partial charge in [0.2, 0.25) is 0 Å². The van der Waals surface area contributed by atoms with Gasteiger partial charge < -0.3 is 9.84 Å². The van der Waals surface area contributed by atoms with Gasteiger partial charge in [-0.3, -0.25) is 0 Å². The molecule has 1 fully saturated rings. The first-order valence-corrected chi connectivity index (χ1v) is 8.52. The van der Waals surface area contributed by atoms with Crippen LogP contribution in [0, 0.1) is 11.7 Å². The summed E-state index contributed by atoms with van der Waals surface area (Å²) in [6.07, 6.45) is 3.44. The molecule has 0 saturated heterocycles. The number of hydrogen-bond acceptors (Lipinski definition) is 2. The minimum atomic E-state index is -0.666. The van der Waals surface area contributed by atoms with E-state index in [1.807, 2.05) is 6.92 Å². The van der Waals surface area contributed by atoms with Crippen molar-refractivity contribution < 1.29 is 14.2 Å². The number of benzene rings is 1. The molecular weight excluding hydrogens is 335 g/mol. The summed E-state index contributed by atoms with van der Waals surface area (Å²) < 4.78 is 20.6. The lowest BCUT2D eigenvalue weighted by molar-refractivity contribution is -0.143. The van der Waals surface area contributed by atoms with Crippen molar-refractivity contribution in [3.05, 3.63) is 34.1 Å². The van der Waals surface area contributed by atoms with E-state index in [4.69, 9.17) is 4.74 Å². The van der Waals surface area contributed by atoms with Crippen LogP contribution in [0.4, 0.5) is 4.39 Å². The van der Waals surface area contributed by atoms with Crippen LogP contribution in [0.25, 0.3) is 0 Å². The molecule has 0 spiro atoms. The van der Waals surface area contributed by atoms with Crippen LogP contribution in [-0.2, 0) is 11.2 Å². The van der Waals surface area contributed by atoms with Gasteiger partial charge in [0.25, 0.3) is 0 Å². The van der Waals surface area contributed by atoms with E-state index in [1.165, 1.54) is 6.07 Å². The van der Waals surface area contributed by atoms with Gasteiger partial charge in [-0.1, -0.05) is 28.9 Å². The zero-order valence-corrected chi connectivity index (χ0v) is 14.3. The number of aliphatic hydroxyl groups excluding tert-OH is 1. The third-order valence-electron chi connectivity index (χ3n) is 4.59. The minimum absolute atomic E-state index is 0.278. The minimum Gasteiger partial charge on any atom is -0.390 e. The van der Waals surface area contributed by atoms with Gasteiger partial charge in [-0.15, -0.1) is 0 Å². The average Bonchev–Trinajstić information content (AvgIpc) is 2.45. The molecule has 1 aliphatic carbocycles. The molecule has 0 radical (unpaired) electrons. The van der Waals surface area contributed by atoms with Crippen LogP contribution in [0.1, 0.15) is 45.1 Å². The Kier molecular flexibility index (Phi) is 5.81. The van der Waals surface area contributed by atoms with Crippen molar-refractivity contribution in [2.75, 3.05) is 6.61 Å². The van der Waals surface area contributed by atoms with E-state index in [-0.39, 0.29) is 5.82 Å². The van der Waals surface area contributed by atoms with E-state index in [2.05, 4.69) is 22.9 Å². The van der Waals surface area contributed by atoms with E-state index in [1.54, 1.807) is 12.1 Å². The summed E-state index contributed by atoms with van der Waals surface area (Å²) in [5.74, 6) is 0.398. The molecule has 0 aromatic heterocycles. The molecule has 21 heavy (non-hydrogen) atoms. The Labute approximate surface area is 134 Å². The van der Waals surface area contributed by atoms with Crippen molar-refractivity contribution in [2.45, 2.75) is 57.7 Å². The molecule has 1 atom stereocenters. The largest absolute Gasteiger partial charge is 0.390 e. The predicted octanol–water partition coefficient (Wildman–Crippen LogP) is 4.48. The van der Waals surface area contributed by atoms with Gasteiger partial charge in [0.15, 0.2) is 0 Å². The number of aliphatic hydroxyl groups is 1. The molecule has 1 aliphatic rings. The maximum atomic E-state index is 14.0. The lowest BCUT2D eigenvalue weighted by atomic mass is 9.75. The summed E-state index contributed by atoms with van der Waals surface area (Å²) in [4.78, 5) is 0. The molecule has 2 rings (SSSR count). The lowest BCUT2D eigenvalue weighted by Crippen LogP contribution is -2.48. The lowest BCUT2D eigenvalue weighted by Gasteiger charge is -2.42. The highest BCUT2D eigenvalue weighted by atomic mass is 79.9. The molecule has 1 aromatic carbocycles. The first kappa shape index (κ1) is 16.9. The Morgan fingerprint density at radius 3 is 2.67 bits per heavy atom. The molecule has 2 nitrogen and oxygen atoms in total. The summed E-state index contributed by atoms with van der Waals surface area (Å²) in [7, 11) is 0. The van der Waals surface area contributed by atoms with E-state index in [0.717, 1.165) is 25.7 Å². The van der Waals surface area contributed by atoms with Gasteiger partial charge in [-0.25, -0.2) is 4.39 Å². The Bertz CT molecular complexity index is 470. The normalized spacial score (nSPS) is 27.6. The summed E-state index contributed by atoms with van der Waals surface area (Å²) in [6, 6.07) is 4.98. The monoisotopic (exact) mass is 358 g/mol. The van der Waals surface area contributed by atoms with Crippen molar-refractivity contribution in [3.63, 3.8) is 0 Å². The topological polar surface area (TPSA) is 29.5 Å². The molecule has 118 valence electrons. The van der Waals surface area contributed by atoms with Crippen LogP contribution in [-0.4, -0.2) is 23.4 Å². The van der Waals surface area contributed by atoms with Gasteiger partial charge in [0.05, 0.1) is 11.7 Å². The van der Waals surface area contributed by atoms with Crippen LogP contribution in [0.2, 0.25) is 0 Å². The fourth-order valence-corrected chi connectivity index (χ4v) is 3.53. The van der Waals surface area contributed by atoms with Crippen molar-refractivity contribution in [1.29, 1.82) is 0 Å². The Balaban J connectivity index is 2.13. The van der Waals surface area contributed by atoms with E-state index < -0.39 is 11.7 Å². The van der Waals surface area contributed by atoms with Crippen molar-refractivity contribution in [1.82, 2.24) is 0 Å².